The molecule has 0 aromatic carbocycles. The highest BCUT2D eigenvalue weighted by Crippen LogP contribution is 2.32. The molecule has 0 spiro atoms. The number of esters is 1. The number of nitrogens with zero attached hydrogens (tertiary/aromatic N) is 4. The van der Waals surface area contributed by atoms with E-state index in [2.05, 4.69) is 9.97 Å². The maximum Gasteiger partial charge on any atom is 0.302 e. The molecule has 11 nitrogen and oxygen atoms in total. The standard InChI is InChI=1S/C14H17N5O6/c1-6(21)19-13(23)11-12(17-14(19)15)18(5-16-11)10-3-8(24-7(2)22)9(4-20)25-10/h5,8-10,20H,3-4H2,1-2H3,(H2,15,17). The van der Waals surface area contributed by atoms with Crippen molar-refractivity contribution >= 4 is 29.0 Å². The van der Waals surface area contributed by atoms with Crippen LogP contribution < -0.4 is 11.3 Å². The summed E-state index contributed by atoms with van der Waals surface area (Å²) in [5.74, 6) is -1.33. The number of hydrogen-bond acceptors (Lipinski definition) is 9. The van der Waals surface area contributed by atoms with Crippen LogP contribution in [0.4, 0.5) is 5.95 Å². The van der Waals surface area contributed by atoms with Crippen LogP contribution in [0.15, 0.2) is 11.1 Å². The van der Waals surface area contributed by atoms with E-state index in [1.165, 1.54) is 24.7 Å². The van der Waals surface area contributed by atoms with E-state index in [1.807, 2.05) is 0 Å². The number of carbonyl (C=O) groups excluding carboxylic acids is 2. The molecule has 3 atom stereocenters. The van der Waals surface area contributed by atoms with Gasteiger partial charge in [0.15, 0.2) is 11.2 Å². The number of aliphatic hydroxyl groups is 1. The topological polar surface area (TPSA) is 152 Å². The first-order valence-corrected chi connectivity index (χ1v) is 7.53. The summed E-state index contributed by atoms with van der Waals surface area (Å²) in [5.41, 5.74) is 5.13. The summed E-state index contributed by atoms with van der Waals surface area (Å²) in [6.45, 7) is 2.12. The molecule has 0 radical (unpaired) electrons. The number of aliphatic hydroxyl groups excluding tert-OH is 1. The second kappa shape index (κ2) is 6.26. The van der Waals surface area contributed by atoms with Crippen LogP contribution >= 0.6 is 0 Å². The van der Waals surface area contributed by atoms with Crippen molar-refractivity contribution in [2.75, 3.05) is 12.3 Å². The van der Waals surface area contributed by atoms with Gasteiger partial charge in [0, 0.05) is 20.3 Å². The second-order valence-electron chi connectivity index (χ2n) is 5.65. The number of aromatic nitrogens is 4. The molecule has 0 bridgehead atoms. The van der Waals surface area contributed by atoms with Crippen molar-refractivity contribution in [3.05, 3.63) is 16.7 Å². The molecule has 134 valence electrons. The zero-order valence-corrected chi connectivity index (χ0v) is 13.6. The minimum Gasteiger partial charge on any atom is -0.460 e. The van der Waals surface area contributed by atoms with Gasteiger partial charge in [0.05, 0.1) is 12.9 Å². The minimum absolute atomic E-state index is 0.0375. The molecule has 3 rings (SSSR count). The highest BCUT2D eigenvalue weighted by Gasteiger charge is 2.39. The van der Waals surface area contributed by atoms with Gasteiger partial charge >= 0.3 is 5.97 Å². The van der Waals surface area contributed by atoms with E-state index in [1.54, 1.807) is 0 Å². The van der Waals surface area contributed by atoms with Gasteiger partial charge in [0.1, 0.15) is 18.4 Å². The number of anilines is 1. The molecule has 11 heteroatoms. The first kappa shape index (κ1) is 17.0. The van der Waals surface area contributed by atoms with Gasteiger partial charge in [-0.1, -0.05) is 0 Å². The normalized spacial score (nSPS) is 23.1. The Morgan fingerprint density at radius 1 is 1.48 bits per heavy atom. The predicted molar refractivity (Wildman–Crippen MR) is 83.7 cm³/mol. The zero-order valence-electron chi connectivity index (χ0n) is 13.6. The largest absolute Gasteiger partial charge is 0.460 e. The lowest BCUT2D eigenvalue weighted by molar-refractivity contribution is -0.150. The number of carbonyl (C=O) groups is 2. The fourth-order valence-electron chi connectivity index (χ4n) is 2.87. The molecule has 3 heterocycles. The summed E-state index contributed by atoms with van der Waals surface area (Å²) in [7, 11) is 0. The van der Waals surface area contributed by atoms with Crippen LogP contribution in [0.2, 0.25) is 0 Å². The molecule has 0 saturated carbocycles. The lowest BCUT2D eigenvalue weighted by Gasteiger charge is -2.15. The van der Waals surface area contributed by atoms with Crippen LogP contribution in [0.5, 0.6) is 0 Å². The molecular formula is C14H17N5O6. The van der Waals surface area contributed by atoms with Crippen LogP contribution in [-0.2, 0) is 14.3 Å². The molecule has 0 aliphatic carbocycles. The predicted octanol–water partition coefficient (Wildman–Crippen LogP) is -0.953. The van der Waals surface area contributed by atoms with Crippen molar-refractivity contribution in [2.24, 2.45) is 0 Å². The summed E-state index contributed by atoms with van der Waals surface area (Å²) in [4.78, 5) is 43.1. The number of imidazole rings is 1. The van der Waals surface area contributed by atoms with E-state index < -0.39 is 35.9 Å². The Hall–Kier alpha value is -2.79. The van der Waals surface area contributed by atoms with E-state index in [9.17, 15) is 19.5 Å². The average molecular weight is 351 g/mol. The van der Waals surface area contributed by atoms with Crippen LogP contribution in [0.3, 0.4) is 0 Å². The Morgan fingerprint density at radius 2 is 2.20 bits per heavy atom. The van der Waals surface area contributed by atoms with Gasteiger partial charge in [0.2, 0.25) is 11.9 Å². The van der Waals surface area contributed by atoms with Gasteiger partial charge < -0.3 is 20.3 Å². The van der Waals surface area contributed by atoms with E-state index in [-0.39, 0.29) is 30.1 Å². The number of fused-ring (bicyclic) bond motifs is 1. The summed E-state index contributed by atoms with van der Waals surface area (Å²) in [5, 5.41) is 9.40. The number of nitrogens with two attached hydrogens (primary N) is 1. The van der Waals surface area contributed by atoms with Crippen LogP contribution in [0, 0.1) is 0 Å². The summed E-state index contributed by atoms with van der Waals surface area (Å²) in [6, 6.07) is 0. The summed E-state index contributed by atoms with van der Waals surface area (Å²) < 4.78 is 13.0. The van der Waals surface area contributed by atoms with Crippen LogP contribution in [0.25, 0.3) is 11.2 Å². The maximum atomic E-state index is 12.3. The van der Waals surface area contributed by atoms with Crippen molar-refractivity contribution < 1.29 is 24.2 Å². The first-order valence-electron chi connectivity index (χ1n) is 7.53. The SMILES string of the molecule is CC(=O)OC1CC(n2cnc3c(=O)n(C(C)=O)c(N)nc32)OC1CO. The highest BCUT2D eigenvalue weighted by molar-refractivity contribution is 5.82. The molecule has 1 saturated heterocycles. The van der Waals surface area contributed by atoms with Crippen molar-refractivity contribution in [3.8, 4) is 0 Å². The molecule has 1 aliphatic rings. The average Bonchev–Trinajstić information content (AvgIpc) is 3.09. The fraction of sp³-hybridized carbons (Fsp3) is 0.500. The minimum atomic E-state index is -0.707. The molecule has 1 aliphatic heterocycles. The van der Waals surface area contributed by atoms with E-state index >= 15 is 0 Å². The van der Waals surface area contributed by atoms with Gasteiger partial charge in [-0.15, -0.1) is 0 Å². The highest BCUT2D eigenvalue weighted by atomic mass is 16.6. The molecule has 25 heavy (non-hydrogen) atoms. The fourth-order valence-corrected chi connectivity index (χ4v) is 2.87. The number of rotatable bonds is 3. The Morgan fingerprint density at radius 3 is 2.80 bits per heavy atom. The van der Waals surface area contributed by atoms with Gasteiger partial charge in [-0.3, -0.25) is 19.0 Å². The second-order valence-corrected chi connectivity index (χ2v) is 5.65. The number of ether oxygens (including phenoxy) is 2. The molecule has 0 amide bonds. The molecular weight excluding hydrogens is 334 g/mol. The van der Waals surface area contributed by atoms with Crippen molar-refractivity contribution in [3.63, 3.8) is 0 Å². The number of hydrogen-bond donors (Lipinski definition) is 2. The molecule has 2 aromatic rings. The van der Waals surface area contributed by atoms with Gasteiger partial charge in [-0.25, -0.2) is 9.55 Å². The van der Waals surface area contributed by atoms with Gasteiger partial charge in [0.25, 0.3) is 5.56 Å². The van der Waals surface area contributed by atoms with Crippen molar-refractivity contribution in [2.45, 2.75) is 38.7 Å². The lowest BCUT2D eigenvalue weighted by atomic mass is 10.2. The van der Waals surface area contributed by atoms with Crippen molar-refractivity contribution in [1.29, 1.82) is 0 Å². The van der Waals surface area contributed by atoms with Crippen LogP contribution in [-0.4, -0.2) is 54.9 Å². The zero-order chi connectivity index (χ0) is 18.3. The van der Waals surface area contributed by atoms with E-state index in [0.717, 1.165) is 4.57 Å². The summed E-state index contributed by atoms with van der Waals surface area (Å²) in [6.07, 6.45) is -0.432. The van der Waals surface area contributed by atoms with Gasteiger partial charge in [-0.05, 0) is 0 Å². The first-order chi connectivity index (χ1) is 11.8. The van der Waals surface area contributed by atoms with Crippen molar-refractivity contribution in [1.82, 2.24) is 19.1 Å². The third-order valence-electron chi connectivity index (χ3n) is 3.93. The third kappa shape index (κ3) is 2.87. The van der Waals surface area contributed by atoms with Gasteiger partial charge in [-0.2, -0.15) is 4.98 Å². The van der Waals surface area contributed by atoms with E-state index in [0.29, 0.717) is 0 Å². The maximum absolute atomic E-state index is 12.3. The third-order valence-corrected chi connectivity index (χ3v) is 3.93. The lowest BCUT2D eigenvalue weighted by Crippen LogP contribution is -2.29. The number of nitrogen functional groups attached to an aromatic ring is 1. The molecule has 3 unspecified atom stereocenters. The molecule has 3 N–H and O–H groups in total. The smallest absolute Gasteiger partial charge is 0.302 e. The molecule has 1 fully saturated rings. The Balaban J connectivity index is 2.02. The summed E-state index contributed by atoms with van der Waals surface area (Å²) >= 11 is 0. The Labute approximate surface area is 141 Å². The van der Waals surface area contributed by atoms with Crippen LogP contribution in [0.1, 0.15) is 31.3 Å². The molecule has 2 aromatic heterocycles. The van der Waals surface area contributed by atoms with E-state index in [4.69, 9.17) is 15.2 Å². The Kier molecular flexibility index (Phi) is 4.27. The Bertz CT molecular complexity index is 903. The monoisotopic (exact) mass is 351 g/mol. The quantitative estimate of drug-likeness (QED) is 0.666.